The van der Waals surface area contributed by atoms with Crippen LogP contribution < -0.4 is 0 Å². The van der Waals surface area contributed by atoms with Gasteiger partial charge in [0.05, 0.1) is 11.7 Å². The van der Waals surface area contributed by atoms with E-state index in [1.165, 1.54) is 23.9 Å². The van der Waals surface area contributed by atoms with E-state index in [4.69, 9.17) is 0 Å². The average Bonchev–Trinajstić information content (AvgIpc) is 3.15. The fraction of sp³-hybridized carbons (Fsp3) is 0. The number of H-pyrrole nitrogens is 1. The number of rotatable bonds is 2. The molecule has 7 heteroatoms. The van der Waals surface area contributed by atoms with E-state index < -0.39 is 0 Å². The first-order valence-corrected chi connectivity index (χ1v) is 6.94. The number of fused-ring (bicyclic) bond motifs is 1. The zero-order chi connectivity index (χ0) is 14.2. The second-order valence-electron chi connectivity index (χ2n) is 4.50. The van der Waals surface area contributed by atoms with Crippen LogP contribution in [0.15, 0.2) is 42.5 Å². The van der Waals surface area contributed by atoms with Gasteiger partial charge < -0.3 is 0 Å². The largest absolute Gasteiger partial charge is 0.207 e. The summed E-state index contributed by atoms with van der Waals surface area (Å²) in [5, 5.41) is 10.9. The molecule has 21 heavy (non-hydrogen) atoms. The van der Waals surface area contributed by atoms with Crippen LogP contribution in [0.25, 0.3) is 33.5 Å². The lowest BCUT2D eigenvalue weighted by molar-refractivity contribution is 0.628. The molecule has 1 N–H and O–H groups in total. The lowest BCUT2D eigenvalue weighted by Gasteiger charge is -2.01. The molecule has 0 aliphatic carbocycles. The first-order valence-electron chi connectivity index (χ1n) is 6.21. The monoisotopic (exact) mass is 297 g/mol. The molecule has 5 nitrogen and oxygen atoms in total. The molecule has 0 spiro atoms. The molecule has 0 radical (unpaired) electrons. The van der Waals surface area contributed by atoms with Crippen LogP contribution in [0, 0.1) is 5.82 Å². The van der Waals surface area contributed by atoms with E-state index in [0.29, 0.717) is 17.0 Å². The number of benzene rings is 2. The molecule has 4 aromatic rings. The van der Waals surface area contributed by atoms with Crippen LogP contribution >= 0.6 is 11.7 Å². The Kier molecular flexibility index (Phi) is 2.71. The van der Waals surface area contributed by atoms with E-state index in [0.717, 1.165) is 16.6 Å². The van der Waals surface area contributed by atoms with Crippen molar-refractivity contribution in [3.8, 4) is 22.5 Å². The second kappa shape index (κ2) is 4.71. The van der Waals surface area contributed by atoms with Crippen LogP contribution in [-0.2, 0) is 0 Å². The third-order valence-corrected chi connectivity index (χ3v) is 3.73. The molecule has 0 saturated carbocycles. The molecule has 0 unspecified atom stereocenters. The summed E-state index contributed by atoms with van der Waals surface area (Å²) < 4.78 is 21.8. The average molecular weight is 297 g/mol. The number of aromatic amines is 1. The zero-order valence-electron chi connectivity index (χ0n) is 10.6. The standard InChI is InChI=1S/C14H8FN5S/c15-10-3-1-2-8(6-10)13-14(17-20-16-13)9-4-5-11-12(7-9)19-21-18-11/h1-7H,(H,16,17,20). The van der Waals surface area contributed by atoms with Crippen LogP contribution in [0.2, 0.25) is 0 Å². The smallest absolute Gasteiger partial charge is 0.123 e. The first-order chi connectivity index (χ1) is 10.3. The predicted molar refractivity (Wildman–Crippen MR) is 78.2 cm³/mol. The molecule has 102 valence electrons. The Hall–Kier alpha value is -2.67. The van der Waals surface area contributed by atoms with Crippen LogP contribution in [0.4, 0.5) is 4.39 Å². The summed E-state index contributed by atoms with van der Waals surface area (Å²) in [5.74, 6) is -0.305. The lowest BCUT2D eigenvalue weighted by Crippen LogP contribution is -1.85. The summed E-state index contributed by atoms with van der Waals surface area (Å²) in [6.45, 7) is 0. The topological polar surface area (TPSA) is 67.3 Å². The Morgan fingerprint density at radius 1 is 0.857 bits per heavy atom. The molecule has 2 aromatic heterocycles. The molecule has 0 atom stereocenters. The fourth-order valence-corrected chi connectivity index (χ4v) is 2.72. The Balaban J connectivity index is 1.88. The van der Waals surface area contributed by atoms with Gasteiger partial charge in [-0.25, -0.2) is 4.39 Å². The van der Waals surface area contributed by atoms with Crippen molar-refractivity contribution in [2.45, 2.75) is 0 Å². The van der Waals surface area contributed by atoms with Crippen LogP contribution in [0.3, 0.4) is 0 Å². The fourth-order valence-electron chi connectivity index (χ4n) is 2.20. The Morgan fingerprint density at radius 2 is 1.62 bits per heavy atom. The number of nitrogens with one attached hydrogen (secondary N) is 1. The maximum atomic E-state index is 13.4. The SMILES string of the molecule is Fc1cccc(-c2n[nH]nc2-c2ccc3nsnc3c2)c1. The molecule has 0 fully saturated rings. The molecular weight excluding hydrogens is 289 g/mol. The first kappa shape index (κ1) is 12.1. The maximum Gasteiger partial charge on any atom is 0.123 e. The van der Waals surface area contributed by atoms with Crippen LogP contribution in [-0.4, -0.2) is 24.2 Å². The van der Waals surface area contributed by atoms with Crippen molar-refractivity contribution < 1.29 is 4.39 Å². The van der Waals surface area contributed by atoms with Gasteiger partial charge in [0.1, 0.15) is 28.2 Å². The number of halogens is 1. The molecule has 0 saturated heterocycles. The number of aromatic nitrogens is 5. The van der Waals surface area contributed by atoms with Gasteiger partial charge in [0.25, 0.3) is 0 Å². The summed E-state index contributed by atoms with van der Waals surface area (Å²) in [6.07, 6.45) is 0. The van der Waals surface area contributed by atoms with Gasteiger partial charge in [-0.1, -0.05) is 18.2 Å². The van der Waals surface area contributed by atoms with Crippen molar-refractivity contribution in [3.63, 3.8) is 0 Å². The normalized spacial score (nSPS) is 11.1. The van der Waals surface area contributed by atoms with Crippen molar-refractivity contribution >= 4 is 22.8 Å². The number of nitrogens with zero attached hydrogens (tertiary/aromatic N) is 4. The molecule has 0 bridgehead atoms. The van der Waals surface area contributed by atoms with Crippen molar-refractivity contribution in [2.75, 3.05) is 0 Å². The Bertz CT molecular complexity index is 930. The zero-order valence-corrected chi connectivity index (χ0v) is 11.4. The summed E-state index contributed by atoms with van der Waals surface area (Å²) in [6, 6.07) is 12.0. The maximum absolute atomic E-state index is 13.4. The van der Waals surface area contributed by atoms with Gasteiger partial charge in [0.15, 0.2) is 0 Å². The molecule has 0 aliphatic rings. The van der Waals surface area contributed by atoms with Crippen LogP contribution in [0.1, 0.15) is 0 Å². The number of hydrogen-bond donors (Lipinski definition) is 1. The minimum Gasteiger partial charge on any atom is -0.207 e. The second-order valence-corrected chi connectivity index (χ2v) is 5.03. The summed E-state index contributed by atoms with van der Waals surface area (Å²) in [4.78, 5) is 0. The third kappa shape index (κ3) is 2.07. The van der Waals surface area contributed by atoms with Crippen molar-refractivity contribution in [1.82, 2.24) is 24.2 Å². The van der Waals surface area contributed by atoms with Gasteiger partial charge in [-0.05, 0) is 24.3 Å². The van der Waals surface area contributed by atoms with Gasteiger partial charge in [-0.15, -0.1) is 0 Å². The van der Waals surface area contributed by atoms with Crippen molar-refractivity contribution in [2.24, 2.45) is 0 Å². The van der Waals surface area contributed by atoms with E-state index >= 15 is 0 Å². The summed E-state index contributed by atoms with van der Waals surface area (Å²) in [7, 11) is 0. The highest BCUT2D eigenvalue weighted by Gasteiger charge is 2.14. The summed E-state index contributed by atoms with van der Waals surface area (Å²) in [5.41, 5.74) is 4.47. The van der Waals surface area contributed by atoms with Crippen LogP contribution in [0.5, 0.6) is 0 Å². The van der Waals surface area contributed by atoms with E-state index in [-0.39, 0.29) is 5.82 Å². The van der Waals surface area contributed by atoms with Crippen molar-refractivity contribution in [3.05, 3.63) is 48.3 Å². The highest BCUT2D eigenvalue weighted by atomic mass is 32.1. The highest BCUT2D eigenvalue weighted by molar-refractivity contribution is 7.00. The number of hydrogen-bond acceptors (Lipinski definition) is 5. The van der Waals surface area contributed by atoms with Gasteiger partial charge >= 0.3 is 0 Å². The molecule has 4 rings (SSSR count). The van der Waals surface area contributed by atoms with E-state index in [1.807, 2.05) is 18.2 Å². The van der Waals surface area contributed by atoms with E-state index in [2.05, 4.69) is 24.2 Å². The van der Waals surface area contributed by atoms with E-state index in [1.54, 1.807) is 12.1 Å². The molecule has 0 amide bonds. The quantitative estimate of drug-likeness (QED) is 0.616. The molecular formula is C14H8FN5S. The Morgan fingerprint density at radius 3 is 2.43 bits per heavy atom. The van der Waals surface area contributed by atoms with Gasteiger partial charge in [0.2, 0.25) is 0 Å². The van der Waals surface area contributed by atoms with Gasteiger partial charge in [-0.2, -0.15) is 24.2 Å². The Labute approximate surface area is 122 Å². The summed E-state index contributed by atoms with van der Waals surface area (Å²) >= 11 is 1.17. The molecule has 2 aromatic carbocycles. The predicted octanol–water partition coefficient (Wildman–Crippen LogP) is 3.28. The minimum atomic E-state index is -0.305. The van der Waals surface area contributed by atoms with Crippen molar-refractivity contribution in [1.29, 1.82) is 0 Å². The van der Waals surface area contributed by atoms with E-state index in [9.17, 15) is 4.39 Å². The minimum absolute atomic E-state index is 0.305. The van der Waals surface area contributed by atoms with Gasteiger partial charge in [-0.3, -0.25) is 0 Å². The third-order valence-electron chi connectivity index (χ3n) is 3.17. The molecule has 2 heterocycles. The van der Waals surface area contributed by atoms with Gasteiger partial charge in [0, 0.05) is 11.1 Å². The lowest BCUT2D eigenvalue weighted by atomic mass is 10.0. The molecule has 0 aliphatic heterocycles. The highest BCUT2D eigenvalue weighted by Crippen LogP contribution is 2.30.